The van der Waals surface area contributed by atoms with Gasteiger partial charge in [0, 0.05) is 5.92 Å². The highest BCUT2D eigenvalue weighted by molar-refractivity contribution is 5.82. The predicted octanol–water partition coefficient (Wildman–Crippen LogP) is 2.24. The average Bonchev–Trinajstić information content (AvgIpc) is 2.18. The van der Waals surface area contributed by atoms with E-state index in [-0.39, 0.29) is 0 Å². The van der Waals surface area contributed by atoms with Crippen LogP contribution in [0.2, 0.25) is 0 Å². The van der Waals surface area contributed by atoms with E-state index >= 15 is 0 Å². The molecular formula is C12H23NO. The Hall–Kier alpha value is -0.370. The zero-order valence-electron chi connectivity index (χ0n) is 9.68. The van der Waals surface area contributed by atoms with Crippen LogP contribution in [0.5, 0.6) is 0 Å². The number of rotatable bonds is 4. The SMILES string of the molecule is CNCC(=O)C1CCC(C(C)C)CC1. The lowest BCUT2D eigenvalue weighted by Crippen LogP contribution is -2.30. The number of ketones is 1. The summed E-state index contributed by atoms with van der Waals surface area (Å²) in [5.74, 6) is 2.40. The molecule has 2 nitrogen and oxygen atoms in total. The molecule has 0 aromatic heterocycles. The second-order valence-electron chi connectivity index (χ2n) is 4.85. The van der Waals surface area contributed by atoms with E-state index in [0.717, 1.165) is 24.7 Å². The summed E-state index contributed by atoms with van der Waals surface area (Å²) in [7, 11) is 1.84. The summed E-state index contributed by atoms with van der Waals surface area (Å²) in [6.07, 6.45) is 4.72. The lowest BCUT2D eigenvalue weighted by molar-refractivity contribution is -0.123. The third kappa shape index (κ3) is 3.09. The number of nitrogens with one attached hydrogen (secondary N) is 1. The third-order valence-corrected chi connectivity index (χ3v) is 3.52. The van der Waals surface area contributed by atoms with Crippen LogP contribution in [-0.2, 0) is 4.79 Å². The zero-order chi connectivity index (χ0) is 10.6. The highest BCUT2D eigenvalue weighted by Gasteiger charge is 2.26. The van der Waals surface area contributed by atoms with E-state index in [1.54, 1.807) is 0 Å². The van der Waals surface area contributed by atoms with Gasteiger partial charge in [-0.1, -0.05) is 13.8 Å². The fourth-order valence-corrected chi connectivity index (χ4v) is 2.43. The molecule has 0 radical (unpaired) electrons. The maximum Gasteiger partial charge on any atom is 0.149 e. The Labute approximate surface area is 87.5 Å². The molecule has 0 unspecified atom stereocenters. The first-order chi connectivity index (χ1) is 6.65. The fraction of sp³-hybridized carbons (Fsp3) is 0.917. The van der Waals surface area contributed by atoms with Crippen LogP contribution >= 0.6 is 0 Å². The lowest BCUT2D eigenvalue weighted by Gasteiger charge is -2.30. The molecule has 0 aromatic rings. The Morgan fingerprint density at radius 3 is 2.29 bits per heavy atom. The monoisotopic (exact) mass is 197 g/mol. The molecule has 1 aliphatic carbocycles. The first-order valence-electron chi connectivity index (χ1n) is 5.82. The molecule has 0 saturated heterocycles. The molecule has 14 heavy (non-hydrogen) atoms. The smallest absolute Gasteiger partial charge is 0.149 e. The minimum Gasteiger partial charge on any atom is -0.313 e. The van der Waals surface area contributed by atoms with E-state index < -0.39 is 0 Å². The van der Waals surface area contributed by atoms with Gasteiger partial charge in [-0.2, -0.15) is 0 Å². The number of carbonyl (C=O) groups excluding carboxylic acids is 1. The highest BCUT2D eigenvalue weighted by Crippen LogP contribution is 2.33. The molecule has 0 bridgehead atoms. The summed E-state index contributed by atoms with van der Waals surface area (Å²) in [4.78, 5) is 11.6. The van der Waals surface area contributed by atoms with Crippen LogP contribution < -0.4 is 5.32 Å². The van der Waals surface area contributed by atoms with Gasteiger partial charge in [0.25, 0.3) is 0 Å². The highest BCUT2D eigenvalue weighted by atomic mass is 16.1. The van der Waals surface area contributed by atoms with Crippen LogP contribution in [-0.4, -0.2) is 19.4 Å². The van der Waals surface area contributed by atoms with Crippen molar-refractivity contribution in [2.45, 2.75) is 39.5 Å². The van der Waals surface area contributed by atoms with Gasteiger partial charge in [-0.25, -0.2) is 0 Å². The van der Waals surface area contributed by atoms with Crippen molar-refractivity contribution >= 4 is 5.78 Å². The molecule has 0 atom stereocenters. The number of likely N-dealkylation sites (N-methyl/N-ethyl adjacent to an activating group) is 1. The van der Waals surface area contributed by atoms with Crippen molar-refractivity contribution in [1.82, 2.24) is 5.32 Å². The zero-order valence-corrected chi connectivity index (χ0v) is 9.68. The Kier molecular flexibility index (Phi) is 4.59. The number of carbonyl (C=O) groups is 1. The molecule has 0 aromatic carbocycles. The van der Waals surface area contributed by atoms with Gasteiger partial charge < -0.3 is 5.32 Å². The van der Waals surface area contributed by atoms with Crippen molar-refractivity contribution < 1.29 is 4.79 Å². The summed E-state index contributed by atoms with van der Waals surface area (Å²) in [5, 5.41) is 2.95. The van der Waals surface area contributed by atoms with Gasteiger partial charge in [-0.05, 0) is 44.6 Å². The van der Waals surface area contributed by atoms with Crippen molar-refractivity contribution in [3.63, 3.8) is 0 Å². The quantitative estimate of drug-likeness (QED) is 0.749. The van der Waals surface area contributed by atoms with Crippen LogP contribution in [0.1, 0.15) is 39.5 Å². The van der Waals surface area contributed by atoms with Gasteiger partial charge in [-0.3, -0.25) is 4.79 Å². The first-order valence-corrected chi connectivity index (χ1v) is 5.82. The second kappa shape index (κ2) is 5.50. The Morgan fingerprint density at radius 2 is 1.86 bits per heavy atom. The molecule has 1 rings (SSSR count). The summed E-state index contributed by atoms with van der Waals surface area (Å²) < 4.78 is 0. The minimum absolute atomic E-state index is 0.345. The number of hydrogen-bond donors (Lipinski definition) is 1. The van der Waals surface area contributed by atoms with E-state index in [4.69, 9.17) is 0 Å². The fourth-order valence-electron chi connectivity index (χ4n) is 2.43. The predicted molar refractivity (Wildman–Crippen MR) is 59.2 cm³/mol. The molecule has 1 aliphatic rings. The van der Waals surface area contributed by atoms with E-state index in [2.05, 4.69) is 19.2 Å². The van der Waals surface area contributed by atoms with Gasteiger partial charge in [0.2, 0.25) is 0 Å². The number of Topliss-reactive ketones (excluding diaryl/α,β-unsaturated/α-hetero) is 1. The third-order valence-electron chi connectivity index (χ3n) is 3.52. The van der Waals surface area contributed by atoms with Crippen molar-refractivity contribution in [1.29, 1.82) is 0 Å². The maximum absolute atomic E-state index is 11.6. The van der Waals surface area contributed by atoms with Gasteiger partial charge in [0.05, 0.1) is 6.54 Å². The van der Waals surface area contributed by atoms with Crippen molar-refractivity contribution in [3.05, 3.63) is 0 Å². The van der Waals surface area contributed by atoms with Crippen LogP contribution in [0.25, 0.3) is 0 Å². The molecule has 1 fully saturated rings. The second-order valence-corrected chi connectivity index (χ2v) is 4.85. The minimum atomic E-state index is 0.345. The van der Waals surface area contributed by atoms with Gasteiger partial charge in [-0.15, -0.1) is 0 Å². The largest absolute Gasteiger partial charge is 0.313 e. The summed E-state index contributed by atoms with van der Waals surface area (Å²) in [5.41, 5.74) is 0. The van der Waals surface area contributed by atoms with E-state index in [1.807, 2.05) is 7.05 Å². The van der Waals surface area contributed by atoms with E-state index in [0.29, 0.717) is 18.2 Å². The van der Waals surface area contributed by atoms with Crippen molar-refractivity contribution in [3.8, 4) is 0 Å². The van der Waals surface area contributed by atoms with Gasteiger partial charge in [0.15, 0.2) is 0 Å². The maximum atomic E-state index is 11.6. The van der Waals surface area contributed by atoms with Gasteiger partial charge >= 0.3 is 0 Å². The topological polar surface area (TPSA) is 29.1 Å². The van der Waals surface area contributed by atoms with E-state index in [9.17, 15) is 4.79 Å². The number of hydrogen-bond acceptors (Lipinski definition) is 2. The first kappa shape index (κ1) is 11.7. The van der Waals surface area contributed by atoms with Crippen LogP contribution in [0.3, 0.4) is 0 Å². The van der Waals surface area contributed by atoms with Gasteiger partial charge in [0.1, 0.15) is 5.78 Å². The van der Waals surface area contributed by atoms with Crippen molar-refractivity contribution in [2.24, 2.45) is 17.8 Å². The average molecular weight is 197 g/mol. The molecule has 0 spiro atoms. The Morgan fingerprint density at radius 1 is 1.29 bits per heavy atom. The Balaban J connectivity index is 2.31. The van der Waals surface area contributed by atoms with Crippen LogP contribution in [0.15, 0.2) is 0 Å². The molecule has 0 heterocycles. The molecule has 82 valence electrons. The Bertz CT molecular complexity index is 181. The molecule has 1 saturated carbocycles. The molecule has 1 N–H and O–H groups in total. The standard InChI is InChI=1S/C12H23NO/c1-9(2)10-4-6-11(7-5-10)12(14)8-13-3/h9-11,13H,4-8H2,1-3H3. The molecule has 0 aliphatic heterocycles. The van der Waals surface area contributed by atoms with Crippen LogP contribution in [0.4, 0.5) is 0 Å². The molecule has 0 amide bonds. The normalized spacial score (nSPS) is 28.0. The van der Waals surface area contributed by atoms with Crippen LogP contribution in [0, 0.1) is 17.8 Å². The lowest BCUT2D eigenvalue weighted by atomic mass is 9.75. The molecular weight excluding hydrogens is 174 g/mol. The van der Waals surface area contributed by atoms with Crippen molar-refractivity contribution in [2.75, 3.05) is 13.6 Å². The summed E-state index contributed by atoms with van der Waals surface area (Å²) >= 11 is 0. The van der Waals surface area contributed by atoms with E-state index in [1.165, 1.54) is 12.8 Å². The molecule has 2 heteroatoms. The summed E-state index contributed by atoms with van der Waals surface area (Å²) in [6.45, 7) is 5.14. The summed E-state index contributed by atoms with van der Waals surface area (Å²) in [6, 6.07) is 0.